The molecule has 0 N–H and O–H groups in total. The summed E-state index contributed by atoms with van der Waals surface area (Å²) >= 11 is 0. The minimum atomic E-state index is 0.436. The second kappa shape index (κ2) is 10.4. The highest BCUT2D eigenvalue weighted by molar-refractivity contribution is 7.39. The van der Waals surface area contributed by atoms with Crippen LogP contribution in [0.25, 0.3) is 0 Å². The first-order valence-corrected chi connectivity index (χ1v) is 9.08. The Bertz CT molecular complexity index is 166. The van der Waals surface area contributed by atoms with Gasteiger partial charge in [0.05, 0.1) is 7.85 Å². The molecule has 0 aliphatic rings. The van der Waals surface area contributed by atoms with Gasteiger partial charge in [-0.1, -0.05) is 65.1 Å². The van der Waals surface area contributed by atoms with E-state index in [1.807, 2.05) is 0 Å². The molecule has 0 aliphatic heterocycles. The number of rotatable bonds is 11. The Balaban J connectivity index is 3.91. The fraction of sp³-hybridized carbons (Fsp3) is 1.00. The Kier molecular flexibility index (Phi) is 10.7. The molecule has 0 saturated heterocycles. The summed E-state index contributed by atoms with van der Waals surface area (Å²) in [6.45, 7) is 9.27. The molecular weight excluding hydrogens is 222 g/mol. The first-order valence-electron chi connectivity index (χ1n) is 7.58. The highest BCUT2D eigenvalue weighted by atomic mass is 31.1. The molecule has 2 radical (unpaired) electrons. The molecule has 0 aromatic carbocycles. The van der Waals surface area contributed by atoms with Crippen LogP contribution in [0.4, 0.5) is 0 Å². The topological polar surface area (TPSA) is 0 Å². The van der Waals surface area contributed by atoms with Gasteiger partial charge in [0.25, 0.3) is 0 Å². The van der Waals surface area contributed by atoms with E-state index >= 15 is 0 Å². The lowest BCUT2D eigenvalue weighted by Crippen LogP contribution is -2.21. The summed E-state index contributed by atoms with van der Waals surface area (Å²) in [7, 11) is 7.07. The number of hydrogen-bond donors (Lipinski definition) is 0. The van der Waals surface area contributed by atoms with E-state index in [0.717, 1.165) is 15.0 Å². The van der Waals surface area contributed by atoms with Gasteiger partial charge in [0.2, 0.25) is 0 Å². The van der Waals surface area contributed by atoms with Gasteiger partial charge in [0, 0.05) is 0 Å². The highest BCUT2D eigenvalue weighted by Crippen LogP contribution is 2.41. The average molecular weight is 254 g/mol. The Morgan fingerprint density at radius 3 is 2.18 bits per heavy atom. The summed E-state index contributed by atoms with van der Waals surface area (Å²) in [6.07, 6.45) is 12.0. The summed E-state index contributed by atoms with van der Waals surface area (Å²) in [6, 6.07) is 0. The molecule has 2 heteroatoms. The van der Waals surface area contributed by atoms with Crippen LogP contribution in [-0.2, 0) is 0 Å². The molecule has 0 aromatic heterocycles. The van der Waals surface area contributed by atoms with Crippen molar-refractivity contribution < 1.29 is 0 Å². The Morgan fingerprint density at radius 2 is 1.71 bits per heavy atom. The molecule has 0 spiro atoms. The third kappa shape index (κ3) is 7.50. The number of hydrogen-bond acceptors (Lipinski definition) is 0. The predicted octanol–water partition coefficient (Wildman–Crippen LogP) is 5.56. The van der Waals surface area contributed by atoms with Crippen LogP contribution in [0.5, 0.6) is 0 Å². The summed E-state index contributed by atoms with van der Waals surface area (Å²) in [5.41, 5.74) is 0. The van der Waals surface area contributed by atoms with Crippen molar-refractivity contribution in [3.05, 3.63) is 0 Å². The normalized spacial score (nSPS) is 17.4. The van der Waals surface area contributed by atoms with Crippen molar-refractivity contribution in [3.63, 3.8) is 0 Å². The van der Waals surface area contributed by atoms with E-state index in [-0.39, 0.29) is 0 Å². The summed E-state index contributed by atoms with van der Waals surface area (Å²) in [5.74, 6) is 0.436. The zero-order chi connectivity index (χ0) is 13.1. The van der Waals surface area contributed by atoms with Gasteiger partial charge in [-0.05, 0) is 31.1 Å². The second-order valence-corrected chi connectivity index (χ2v) is 6.96. The largest absolute Gasteiger partial charge is 0.119 e. The minimum Gasteiger partial charge on any atom is -0.119 e. The minimum absolute atomic E-state index is 0.436. The molecule has 3 atom stereocenters. The van der Waals surface area contributed by atoms with Crippen LogP contribution >= 0.6 is 8.58 Å². The first kappa shape index (κ1) is 17.5. The first-order chi connectivity index (χ1) is 8.14. The summed E-state index contributed by atoms with van der Waals surface area (Å²) in [5, 5.41) is 0.659. The molecule has 0 aromatic rings. The lowest BCUT2D eigenvalue weighted by atomic mass is 9.80. The third-order valence-electron chi connectivity index (χ3n) is 4.22. The molecule has 0 fully saturated rings. The van der Waals surface area contributed by atoms with Gasteiger partial charge >= 0.3 is 0 Å². The van der Waals surface area contributed by atoms with Gasteiger partial charge in [-0.2, -0.15) is 0 Å². The molecule has 0 rings (SSSR count). The predicted molar refractivity (Wildman–Crippen MR) is 85.0 cm³/mol. The second-order valence-electron chi connectivity index (χ2n) is 5.40. The fourth-order valence-electron chi connectivity index (χ4n) is 2.49. The van der Waals surface area contributed by atoms with E-state index < -0.39 is 0 Å². The molecular formula is C15H32BP. The maximum absolute atomic E-state index is 5.97. The van der Waals surface area contributed by atoms with E-state index in [1.165, 1.54) is 51.4 Å². The number of unbranched alkanes of at least 4 members (excludes halogenated alkanes) is 2. The maximum Gasteiger partial charge on any atom is 0.0699 e. The third-order valence-corrected chi connectivity index (χ3v) is 6.13. The summed E-state index contributed by atoms with van der Waals surface area (Å²) in [4.78, 5) is 0. The van der Waals surface area contributed by atoms with E-state index in [0.29, 0.717) is 11.0 Å². The molecule has 0 amide bonds. The van der Waals surface area contributed by atoms with Gasteiger partial charge in [0.15, 0.2) is 0 Å². The molecule has 17 heavy (non-hydrogen) atoms. The zero-order valence-corrected chi connectivity index (χ0v) is 13.5. The van der Waals surface area contributed by atoms with Crippen molar-refractivity contribution in [1.29, 1.82) is 0 Å². The Morgan fingerprint density at radius 1 is 1.06 bits per heavy atom. The van der Waals surface area contributed by atoms with Crippen molar-refractivity contribution in [1.82, 2.24) is 0 Å². The molecule has 0 heterocycles. The van der Waals surface area contributed by atoms with E-state index in [1.54, 1.807) is 0 Å². The van der Waals surface area contributed by atoms with E-state index in [9.17, 15) is 0 Å². The van der Waals surface area contributed by atoms with Crippen molar-refractivity contribution in [2.45, 2.75) is 89.5 Å². The quantitative estimate of drug-likeness (QED) is 0.257. The van der Waals surface area contributed by atoms with Gasteiger partial charge in [-0.15, -0.1) is 8.58 Å². The van der Waals surface area contributed by atoms with Gasteiger partial charge in [-0.3, -0.25) is 0 Å². The average Bonchev–Trinajstić information content (AvgIpc) is 2.38. The van der Waals surface area contributed by atoms with Crippen LogP contribution in [0, 0.1) is 0 Å². The molecule has 3 unspecified atom stereocenters. The van der Waals surface area contributed by atoms with Crippen LogP contribution in [0.1, 0.15) is 78.6 Å². The van der Waals surface area contributed by atoms with Crippen LogP contribution in [-0.4, -0.2) is 19.7 Å². The van der Waals surface area contributed by atoms with Crippen molar-refractivity contribution in [2.75, 3.05) is 6.66 Å². The van der Waals surface area contributed by atoms with Crippen molar-refractivity contribution >= 4 is 16.4 Å². The standard InChI is InChI=1S/C15H32BP/c1-5-8-12-15(7-3,17-4)13-10-9-11-14(16)6-2/h14,17H,5-13H2,1-4H3. The van der Waals surface area contributed by atoms with E-state index in [4.69, 9.17) is 7.85 Å². The highest BCUT2D eigenvalue weighted by Gasteiger charge is 2.24. The van der Waals surface area contributed by atoms with Crippen LogP contribution < -0.4 is 0 Å². The van der Waals surface area contributed by atoms with Crippen LogP contribution in [0.3, 0.4) is 0 Å². The summed E-state index contributed by atoms with van der Waals surface area (Å²) < 4.78 is 0. The van der Waals surface area contributed by atoms with Crippen LogP contribution in [0.15, 0.2) is 0 Å². The molecule has 0 nitrogen and oxygen atoms in total. The molecule has 100 valence electrons. The monoisotopic (exact) mass is 254 g/mol. The van der Waals surface area contributed by atoms with Gasteiger partial charge in [0.1, 0.15) is 0 Å². The molecule has 0 bridgehead atoms. The Labute approximate surface area is 113 Å². The van der Waals surface area contributed by atoms with Crippen LogP contribution in [0.2, 0.25) is 5.82 Å². The zero-order valence-electron chi connectivity index (χ0n) is 12.5. The van der Waals surface area contributed by atoms with E-state index in [2.05, 4.69) is 27.4 Å². The molecule has 0 aliphatic carbocycles. The lowest BCUT2D eigenvalue weighted by Gasteiger charge is -2.32. The SMILES string of the molecule is [B]C(CC)CCCCC(CC)(CCCC)PC. The van der Waals surface area contributed by atoms with Crippen molar-refractivity contribution in [2.24, 2.45) is 0 Å². The maximum atomic E-state index is 5.97. The van der Waals surface area contributed by atoms with Crippen molar-refractivity contribution in [3.8, 4) is 0 Å². The smallest absolute Gasteiger partial charge is 0.0699 e. The fourth-order valence-corrected chi connectivity index (χ4v) is 3.70. The lowest BCUT2D eigenvalue weighted by molar-refractivity contribution is 0.438. The van der Waals surface area contributed by atoms with Gasteiger partial charge < -0.3 is 0 Å². The van der Waals surface area contributed by atoms with Gasteiger partial charge in [-0.25, -0.2) is 0 Å². The molecule has 0 saturated carbocycles. The Hall–Kier alpha value is 0.495.